The van der Waals surface area contributed by atoms with Crippen LogP contribution < -0.4 is 5.32 Å². The highest BCUT2D eigenvalue weighted by atomic mass is 35.5. The molecule has 1 aliphatic heterocycles. The van der Waals surface area contributed by atoms with E-state index < -0.39 is 22.9 Å². The molecule has 142 valence electrons. The molecule has 0 bridgehead atoms. The van der Waals surface area contributed by atoms with Gasteiger partial charge in [-0.15, -0.1) is 0 Å². The standard InChI is InChI=1S/C22H15ClF3NO/c1-22(11-12-6-15(24)10-16(25)7-12)17-8-13(3-5-20(17)27-21(22)28)14-2-4-19(26)18(23)9-14/h2-10H,11H2,1H3,(H,27,28). The summed E-state index contributed by atoms with van der Waals surface area (Å²) in [4.78, 5) is 12.7. The minimum absolute atomic E-state index is 0.00481. The number of fused-ring (bicyclic) bond motifs is 1. The second kappa shape index (κ2) is 6.67. The Labute approximate surface area is 165 Å². The van der Waals surface area contributed by atoms with E-state index in [1.54, 1.807) is 25.1 Å². The van der Waals surface area contributed by atoms with Crippen LogP contribution in [0, 0.1) is 17.5 Å². The van der Waals surface area contributed by atoms with Crippen molar-refractivity contribution in [3.05, 3.63) is 88.2 Å². The summed E-state index contributed by atoms with van der Waals surface area (Å²) in [6.07, 6.45) is 0.133. The average molecular weight is 402 g/mol. The Hall–Kier alpha value is -2.79. The molecule has 1 amide bonds. The van der Waals surface area contributed by atoms with Crippen LogP contribution in [0.5, 0.6) is 0 Å². The van der Waals surface area contributed by atoms with Crippen LogP contribution in [0.2, 0.25) is 5.02 Å². The summed E-state index contributed by atoms with van der Waals surface area (Å²) in [6.45, 7) is 1.73. The normalized spacial score (nSPS) is 18.1. The van der Waals surface area contributed by atoms with Gasteiger partial charge in [-0.05, 0) is 72.0 Å². The van der Waals surface area contributed by atoms with Gasteiger partial charge in [0.1, 0.15) is 17.5 Å². The zero-order chi connectivity index (χ0) is 20.1. The first-order valence-electron chi connectivity index (χ1n) is 8.63. The monoisotopic (exact) mass is 401 g/mol. The summed E-state index contributed by atoms with van der Waals surface area (Å²) in [7, 11) is 0. The number of nitrogens with one attached hydrogen (secondary N) is 1. The number of anilines is 1. The molecule has 0 saturated heterocycles. The van der Waals surface area contributed by atoms with Gasteiger partial charge in [0.05, 0.1) is 10.4 Å². The van der Waals surface area contributed by atoms with Gasteiger partial charge in [0.25, 0.3) is 0 Å². The van der Waals surface area contributed by atoms with Crippen molar-refractivity contribution in [3.63, 3.8) is 0 Å². The molecule has 4 rings (SSSR count). The first-order valence-corrected chi connectivity index (χ1v) is 9.00. The maximum Gasteiger partial charge on any atom is 0.235 e. The van der Waals surface area contributed by atoms with E-state index in [2.05, 4.69) is 5.32 Å². The second-order valence-electron chi connectivity index (χ2n) is 7.13. The lowest BCUT2D eigenvalue weighted by Crippen LogP contribution is -2.33. The Morgan fingerprint density at radius 1 is 0.929 bits per heavy atom. The molecule has 1 unspecified atom stereocenters. The molecule has 0 fully saturated rings. The van der Waals surface area contributed by atoms with Gasteiger partial charge in [-0.2, -0.15) is 0 Å². The largest absolute Gasteiger partial charge is 0.325 e. The summed E-state index contributed by atoms with van der Waals surface area (Å²) >= 11 is 5.88. The van der Waals surface area contributed by atoms with Gasteiger partial charge in [0, 0.05) is 11.8 Å². The van der Waals surface area contributed by atoms with Crippen molar-refractivity contribution in [1.82, 2.24) is 0 Å². The van der Waals surface area contributed by atoms with E-state index in [-0.39, 0.29) is 17.4 Å². The van der Waals surface area contributed by atoms with Gasteiger partial charge < -0.3 is 5.32 Å². The van der Waals surface area contributed by atoms with Crippen LogP contribution >= 0.6 is 11.6 Å². The van der Waals surface area contributed by atoms with Gasteiger partial charge in [0.2, 0.25) is 5.91 Å². The Kier molecular flexibility index (Phi) is 4.42. The fraction of sp³-hybridized carbons (Fsp3) is 0.136. The fourth-order valence-electron chi connectivity index (χ4n) is 3.64. The number of rotatable bonds is 3. The van der Waals surface area contributed by atoms with Crippen LogP contribution in [0.3, 0.4) is 0 Å². The van der Waals surface area contributed by atoms with E-state index in [0.717, 1.165) is 11.6 Å². The number of carbonyl (C=O) groups is 1. The molecule has 0 saturated carbocycles. The van der Waals surface area contributed by atoms with Crippen LogP contribution in [0.25, 0.3) is 11.1 Å². The topological polar surface area (TPSA) is 29.1 Å². The molecule has 2 nitrogen and oxygen atoms in total. The van der Waals surface area contributed by atoms with Crippen molar-refractivity contribution in [2.24, 2.45) is 0 Å². The first-order chi connectivity index (χ1) is 13.3. The number of hydrogen-bond donors (Lipinski definition) is 1. The molecular weight excluding hydrogens is 387 g/mol. The molecular formula is C22H15ClF3NO. The molecule has 1 N–H and O–H groups in total. The van der Waals surface area contributed by atoms with Gasteiger partial charge in [-0.1, -0.05) is 23.7 Å². The number of halogens is 4. The Morgan fingerprint density at radius 2 is 1.57 bits per heavy atom. The predicted molar refractivity (Wildman–Crippen MR) is 103 cm³/mol. The zero-order valence-corrected chi connectivity index (χ0v) is 15.6. The third-order valence-electron chi connectivity index (χ3n) is 5.10. The highest BCUT2D eigenvalue weighted by Gasteiger charge is 2.43. The van der Waals surface area contributed by atoms with Crippen LogP contribution in [0.15, 0.2) is 54.6 Å². The Balaban J connectivity index is 1.77. The third kappa shape index (κ3) is 3.16. The molecule has 1 aliphatic rings. The smallest absolute Gasteiger partial charge is 0.235 e. The minimum atomic E-state index is -1.00. The van der Waals surface area contributed by atoms with Crippen molar-refractivity contribution in [3.8, 4) is 11.1 Å². The minimum Gasteiger partial charge on any atom is -0.325 e. The molecule has 0 spiro atoms. The van der Waals surface area contributed by atoms with E-state index in [0.29, 0.717) is 22.4 Å². The van der Waals surface area contributed by atoms with E-state index in [9.17, 15) is 18.0 Å². The molecule has 1 heterocycles. The van der Waals surface area contributed by atoms with Crippen molar-refractivity contribution in [2.45, 2.75) is 18.8 Å². The number of hydrogen-bond acceptors (Lipinski definition) is 1. The molecule has 28 heavy (non-hydrogen) atoms. The van der Waals surface area contributed by atoms with E-state index >= 15 is 0 Å². The number of amides is 1. The highest BCUT2D eigenvalue weighted by molar-refractivity contribution is 6.31. The lowest BCUT2D eigenvalue weighted by Gasteiger charge is -2.23. The molecule has 1 atom stereocenters. The molecule has 0 aliphatic carbocycles. The number of carbonyl (C=O) groups excluding carboxylic acids is 1. The maximum atomic E-state index is 13.6. The lowest BCUT2D eigenvalue weighted by atomic mass is 9.77. The van der Waals surface area contributed by atoms with Crippen molar-refractivity contribution >= 4 is 23.2 Å². The quantitative estimate of drug-likeness (QED) is 0.583. The average Bonchev–Trinajstić information content (AvgIpc) is 2.86. The van der Waals surface area contributed by atoms with Crippen molar-refractivity contribution in [1.29, 1.82) is 0 Å². The summed E-state index contributed by atoms with van der Waals surface area (Å²) in [5.74, 6) is -2.14. The molecule has 6 heteroatoms. The van der Waals surface area contributed by atoms with Gasteiger partial charge in [0.15, 0.2) is 0 Å². The van der Waals surface area contributed by atoms with E-state index in [1.807, 2.05) is 6.07 Å². The maximum absolute atomic E-state index is 13.6. The second-order valence-corrected chi connectivity index (χ2v) is 7.54. The summed E-state index contributed by atoms with van der Waals surface area (Å²) in [5.41, 5.74) is 2.19. The lowest BCUT2D eigenvalue weighted by molar-refractivity contribution is -0.120. The molecule has 3 aromatic rings. The Bertz CT molecular complexity index is 1090. The van der Waals surface area contributed by atoms with Crippen LogP contribution in [0.4, 0.5) is 18.9 Å². The molecule has 0 radical (unpaired) electrons. The fourth-order valence-corrected chi connectivity index (χ4v) is 3.82. The molecule has 3 aromatic carbocycles. The Morgan fingerprint density at radius 3 is 2.25 bits per heavy atom. The predicted octanol–water partition coefficient (Wildman–Crippen LogP) is 5.88. The van der Waals surface area contributed by atoms with Crippen molar-refractivity contribution in [2.75, 3.05) is 5.32 Å². The third-order valence-corrected chi connectivity index (χ3v) is 5.39. The van der Waals surface area contributed by atoms with E-state index in [1.165, 1.54) is 24.3 Å². The summed E-state index contributed by atoms with van der Waals surface area (Å²) in [5, 5.41) is 2.83. The van der Waals surface area contributed by atoms with Gasteiger partial charge in [-0.25, -0.2) is 13.2 Å². The molecule has 0 aromatic heterocycles. The SMILES string of the molecule is CC1(Cc2cc(F)cc(F)c2)C(=O)Nc2ccc(-c3ccc(F)c(Cl)c3)cc21. The van der Waals surface area contributed by atoms with Crippen LogP contribution in [-0.4, -0.2) is 5.91 Å². The zero-order valence-electron chi connectivity index (χ0n) is 14.8. The number of benzene rings is 3. The van der Waals surface area contributed by atoms with Crippen LogP contribution in [0.1, 0.15) is 18.1 Å². The summed E-state index contributed by atoms with van der Waals surface area (Å²) < 4.78 is 40.7. The highest BCUT2D eigenvalue weighted by Crippen LogP contribution is 2.42. The van der Waals surface area contributed by atoms with Gasteiger partial charge >= 0.3 is 0 Å². The van der Waals surface area contributed by atoms with E-state index in [4.69, 9.17) is 11.6 Å². The summed E-state index contributed by atoms with van der Waals surface area (Å²) in [6, 6.07) is 13.0. The van der Waals surface area contributed by atoms with Crippen molar-refractivity contribution < 1.29 is 18.0 Å². The van der Waals surface area contributed by atoms with Gasteiger partial charge in [-0.3, -0.25) is 4.79 Å². The van der Waals surface area contributed by atoms with Crippen LogP contribution in [-0.2, 0) is 16.6 Å². The first kappa shape index (κ1) is 18.6.